The van der Waals surface area contributed by atoms with Crippen molar-refractivity contribution in [2.45, 2.75) is 6.92 Å². The number of rotatable bonds is 3. The highest BCUT2D eigenvalue weighted by Crippen LogP contribution is 2.21. The highest BCUT2D eigenvalue weighted by atomic mass is 16.5. The van der Waals surface area contributed by atoms with Gasteiger partial charge in [-0.1, -0.05) is 6.07 Å². The van der Waals surface area contributed by atoms with Crippen molar-refractivity contribution in [3.05, 3.63) is 65.5 Å². The molecule has 0 saturated carbocycles. The number of carbonyl (C=O) groups excluding carboxylic acids is 1. The van der Waals surface area contributed by atoms with Crippen LogP contribution in [0, 0.1) is 6.92 Å². The van der Waals surface area contributed by atoms with Crippen molar-refractivity contribution in [2.24, 2.45) is 0 Å². The molecule has 2 heterocycles. The minimum Gasteiger partial charge on any atom is -0.497 e. The van der Waals surface area contributed by atoms with Crippen LogP contribution in [0.25, 0.3) is 5.52 Å². The molecule has 0 amide bonds. The Bertz CT molecular complexity index is 790. The van der Waals surface area contributed by atoms with Gasteiger partial charge < -0.3 is 4.74 Å². The molecule has 3 aromatic rings. The van der Waals surface area contributed by atoms with Crippen molar-refractivity contribution in [1.29, 1.82) is 0 Å². The number of benzene rings is 1. The maximum absolute atomic E-state index is 12.6. The molecule has 0 aliphatic carbocycles. The van der Waals surface area contributed by atoms with Gasteiger partial charge in [0.2, 0.25) is 0 Å². The molecule has 100 valence electrons. The Kier molecular flexibility index (Phi) is 2.99. The van der Waals surface area contributed by atoms with Crippen molar-refractivity contribution in [1.82, 2.24) is 9.61 Å². The van der Waals surface area contributed by atoms with E-state index in [2.05, 4.69) is 5.10 Å². The molecular formula is C16H14N2O2. The average Bonchev–Trinajstić information content (AvgIpc) is 2.90. The molecule has 0 atom stereocenters. The summed E-state index contributed by atoms with van der Waals surface area (Å²) >= 11 is 0. The van der Waals surface area contributed by atoms with Crippen LogP contribution in [0.2, 0.25) is 0 Å². The summed E-state index contributed by atoms with van der Waals surface area (Å²) in [5.41, 5.74) is 2.99. The first-order valence-electron chi connectivity index (χ1n) is 6.32. The van der Waals surface area contributed by atoms with Gasteiger partial charge in [-0.25, -0.2) is 4.52 Å². The number of pyridine rings is 1. The van der Waals surface area contributed by atoms with Crippen molar-refractivity contribution in [2.75, 3.05) is 7.11 Å². The van der Waals surface area contributed by atoms with Gasteiger partial charge in [-0.2, -0.15) is 5.10 Å². The van der Waals surface area contributed by atoms with Crippen LogP contribution in [-0.4, -0.2) is 22.5 Å². The first-order valence-corrected chi connectivity index (χ1v) is 6.32. The second-order valence-electron chi connectivity index (χ2n) is 4.60. The minimum atomic E-state index is -0.0219. The molecule has 0 unspecified atom stereocenters. The number of ketones is 1. The first-order chi connectivity index (χ1) is 9.70. The zero-order chi connectivity index (χ0) is 14.1. The lowest BCUT2D eigenvalue weighted by Gasteiger charge is -2.06. The Morgan fingerprint density at radius 2 is 2.05 bits per heavy atom. The van der Waals surface area contributed by atoms with Crippen LogP contribution in [-0.2, 0) is 0 Å². The number of nitrogens with zero attached hydrogens (tertiary/aromatic N) is 2. The fraction of sp³-hybridized carbons (Fsp3) is 0.125. The summed E-state index contributed by atoms with van der Waals surface area (Å²) in [5, 5.41) is 4.20. The largest absolute Gasteiger partial charge is 0.497 e. The van der Waals surface area contributed by atoms with Gasteiger partial charge in [-0.05, 0) is 42.8 Å². The van der Waals surface area contributed by atoms with Gasteiger partial charge in [0.15, 0.2) is 5.78 Å². The van der Waals surface area contributed by atoms with Crippen LogP contribution in [0.4, 0.5) is 0 Å². The monoisotopic (exact) mass is 266 g/mol. The summed E-state index contributed by atoms with van der Waals surface area (Å²) in [6.07, 6.45) is 3.44. The summed E-state index contributed by atoms with van der Waals surface area (Å²) in [6.45, 7) is 1.90. The molecule has 0 aliphatic heterocycles. The summed E-state index contributed by atoms with van der Waals surface area (Å²) in [7, 11) is 1.61. The van der Waals surface area contributed by atoms with Crippen molar-refractivity contribution >= 4 is 11.3 Å². The third-order valence-corrected chi connectivity index (χ3v) is 3.35. The van der Waals surface area contributed by atoms with E-state index in [0.29, 0.717) is 11.1 Å². The summed E-state index contributed by atoms with van der Waals surface area (Å²) in [6, 6.07) is 11.1. The molecule has 0 N–H and O–H groups in total. The lowest BCUT2D eigenvalue weighted by atomic mass is 10.00. The second-order valence-corrected chi connectivity index (χ2v) is 4.60. The van der Waals surface area contributed by atoms with Crippen molar-refractivity contribution in [3.63, 3.8) is 0 Å². The van der Waals surface area contributed by atoms with Gasteiger partial charge in [-0.15, -0.1) is 0 Å². The smallest absolute Gasteiger partial charge is 0.197 e. The van der Waals surface area contributed by atoms with Crippen LogP contribution in [0.1, 0.15) is 21.5 Å². The van der Waals surface area contributed by atoms with E-state index in [1.54, 1.807) is 30.0 Å². The lowest BCUT2D eigenvalue weighted by Crippen LogP contribution is -2.03. The molecule has 4 heteroatoms. The maximum atomic E-state index is 12.6. The third-order valence-electron chi connectivity index (χ3n) is 3.35. The van der Waals surface area contributed by atoms with Gasteiger partial charge in [0.25, 0.3) is 0 Å². The number of carbonyl (C=O) groups is 1. The van der Waals surface area contributed by atoms with E-state index >= 15 is 0 Å². The SMILES string of the molecule is COc1ccc(C(=O)c2cnn3ccccc23)c(C)c1. The molecule has 0 radical (unpaired) electrons. The van der Waals surface area contributed by atoms with Gasteiger partial charge in [-0.3, -0.25) is 4.79 Å². The molecule has 0 bridgehead atoms. The first kappa shape index (κ1) is 12.4. The quantitative estimate of drug-likeness (QED) is 0.685. The fourth-order valence-corrected chi connectivity index (χ4v) is 2.27. The van der Waals surface area contributed by atoms with E-state index in [1.165, 1.54) is 0 Å². The standard InChI is InChI=1S/C16H14N2O2/c1-11-9-12(20-2)6-7-13(11)16(19)14-10-17-18-8-4-3-5-15(14)18/h3-10H,1-2H3. The molecule has 1 aromatic carbocycles. The predicted molar refractivity (Wildman–Crippen MR) is 76.4 cm³/mol. The number of methoxy groups -OCH3 is 1. The molecule has 0 aliphatic rings. The number of ether oxygens (including phenoxy) is 1. The fourth-order valence-electron chi connectivity index (χ4n) is 2.27. The molecule has 0 saturated heterocycles. The number of aromatic nitrogens is 2. The van der Waals surface area contributed by atoms with Gasteiger partial charge in [0.05, 0.1) is 24.4 Å². The van der Waals surface area contributed by atoms with E-state index < -0.39 is 0 Å². The van der Waals surface area contributed by atoms with E-state index in [1.807, 2.05) is 37.4 Å². The normalized spacial score (nSPS) is 10.7. The van der Waals surface area contributed by atoms with Gasteiger partial charge >= 0.3 is 0 Å². The van der Waals surface area contributed by atoms with Crippen molar-refractivity contribution in [3.8, 4) is 5.75 Å². The van der Waals surface area contributed by atoms with Crippen LogP contribution >= 0.6 is 0 Å². The summed E-state index contributed by atoms with van der Waals surface area (Å²) in [4.78, 5) is 12.6. The number of hydrogen-bond donors (Lipinski definition) is 0. The molecule has 3 rings (SSSR count). The Labute approximate surface area is 116 Å². The van der Waals surface area contributed by atoms with Crippen LogP contribution in [0.15, 0.2) is 48.8 Å². The zero-order valence-corrected chi connectivity index (χ0v) is 11.3. The minimum absolute atomic E-state index is 0.0219. The van der Waals surface area contributed by atoms with Crippen LogP contribution < -0.4 is 4.74 Å². The number of aryl methyl sites for hydroxylation is 1. The highest BCUT2D eigenvalue weighted by molar-refractivity contribution is 6.13. The molecule has 0 spiro atoms. The summed E-state index contributed by atoms with van der Waals surface area (Å²) in [5.74, 6) is 0.727. The Balaban J connectivity index is 2.09. The molecular weight excluding hydrogens is 252 g/mol. The molecule has 0 fully saturated rings. The van der Waals surface area contributed by atoms with Crippen molar-refractivity contribution < 1.29 is 9.53 Å². The van der Waals surface area contributed by atoms with Gasteiger partial charge in [0.1, 0.15) is 5.75 Å². The van der Waals surface area contributed by atoms with Gasteiger partial charge in [0, 0.05) is 11.8 Å². The molecule has 20 heavy (non-hydrogen) atoms. The number of hydrogen-bond acceptors (Lipinski definition) is 3. The topological polar surface area (TPSA) is 43.6 Å². The summed E-state index contributed by atoms with van der Waals surface area (Å²) < 4.78 is 6.86. The van der Waals surface area contributed by atoms with E-state index in [0.717, 1.165) is 16.8 Å². The average molecular weight is 266 g/mol. The Morgan fingerprint density at radius 1 is 1.20 bits per heavy atom. The third kappa shape index (κ3) is 1.95. The van der Waals surface area contributed by atoms with Crippen LogP contribution in [0.3, 0.4) is 0 Å². The number of fused-ring (bicyclic) bond motifs is 1. The maximum Gasteiger partial charge on any atom is 0.197 e. The molecule has 4 nitrogen and oxygen atoms in total. The Morgan fingerprint density at radius 3 is 2.80 bits per heavy atom. The zero-order valence-electron chi connectivity index (χ0n) is 11.3. The van der Waals surface area contributed by atoms with E-state index in [4.69, 9.17) is 4.74 Å². The Hall–Kier alpha value is -2.62. The predicted octanol–water partition coefficient (Wildman–Crippen LogP) is 2.88. The second kappa shape index (κ2) is 4.81. The molecule has 2 aromatic heterocycles. The highest BCUT2D eigenvalue weighted by Gasteiger charge is 2.16. The van der Waals surface area contributed by atoms with E-state index in [-0.39, 0.29) is 5.78 Å². The van der Waals surface area contributed by atoms with Crippen LogP contribution in [0.5, 0.6) is 5.75 Å². The van der Waals surface area contributed by atoms with E-state index in [9.17, 15) is 4.79 Å². The lowest BCUT2D eigenvalue weighted by molar-refractivity contribution is 0.103.